The van der Waals surface area contributed by atoms with Crippen molar-refractivity contribution in [3.8, 4) is 5.75 Å². The van der Waals surface area contributed by atoms with E-state index in [2.05, 4.69) is 40.0 Å². The number of benzene rings is 1. The molecule has 1 aromatic carbocycles. The maximum absolute atomic E-state index is 5.81. The van der Waals surface area contributed by atoms with Crippen molar-refractivity contribution in [1.82, 2.24) is 0 Å². The van der Waals surface area contributed by atoms with E-state index in [9.17, 15) is 0 Å². The number of halogens is 1. The van der Waals surface area contributed by atoms with Crippen molar-refractivity contribution in [1.29, 1.82) is 0 Å². The summed E-state index contributed by atoms with van der Waals surface area (Å²) in [6, 6.07) is 6.15. The van der Waals surface area contributed by atoms with Crippen LogP contribution in [-0.4, -0.2) is 27.2 Å². The van der Waals surface area contributed by atoms with Crippen LogP contribution in [0, 0.1) is 5.41 Å². The molecular formula is C13H19BrN2O. The maximum atomic E-state index is 5.81. The van der Waals surface area contributed by atoms with Gasteiger partial charge >= 0.3 is 0 Å². The lowest BCUT2D eigenvalue weighted by Gasteiger charge is -2.25. The highest BCUT2D eigenvalue weighted by Crippen LogP contribution is 2.45. The van der Waals surface area contributed by atoms with Crippen molar-refractivity contribution in [2.24, 2.45) is 11.1 Å². The van der Waals surface area contributed by atoms with Gasteiger partial charge in [0.2, 0.25) is 0 Å². The minimum absolute atomic E-state index is 0.362. The number of hydrogen-bond acceptors (Lipinski definition) is 3. The molecule has 0 aromatic heterocycles. The molecule has 1 aliphatic carbocycles. The second-order valence-electron chi connectivity index (χ2n) is 4.88. The van der Waals surface area contributed by atoms with Gasteiger partial charge in [0.05, 0.1) is 11.6 Å². The van der Waals surface area contributed by atoms with E-state index in [4.69, 9.17) is 10.5 Å². The fraction of sp³-hybridized carbons (Fsp3) is 0.538. The molecule has 0 spiro atoms. The minimum atomic E-state index is 0.362. The van der Waals surface area contributed by atoms with Gasteiger partial charge in [-0.3, -0.25) is 0 Å². The molecule has 4 heteroatoms. The lowest BCUT2D eigenvalue weighted by Crippen LogP contribution is -2.31. The lowest BCUT2D eigenvalue weighted by atomic mass is 10.1. The Morgan fingerprint density at radius 1 is 1.47 bits per heavy atom. The van der Waals surface area contributed by atoms with E-state index >= 15 is 0 Å². The number of rotatable bonds is 5. The number of nitrogens with two attached hydrogens (primary N) is 1. The highest BCUT2D eigenvalue weighted by Gasteiger charge is 2.42. The molecule has 94 valence electrons. The summed E-state index contributed by atoms with van der Waals surface area (Å²) in [6.45, 7) is 1.82. The number of hydrogen-bond donors (Lipinski definition) is 1. The molecule has 0 bridgehead atoms. The molecule has 17 heavy (non-hydrogen) atoms. The van der Waals surface area contributed by atoms with Crippen LogP contribution in [0.3, 0.4) is 0 Å². The van der Waals surface area contributed by atoms with Crippen LogP contribution in [0.5, 0.6) is 5.75 Å². The topological polar surface area (TPSA) is 38.5 Å². The van der Waals surface area contributed by atoms with Crippen LogP contribution >= 0.6 is 15.9 Å². The van der Waals surface area contributed by atoms with Crippen molar-refractivity contribution >= 4 is 21.6 Å². The van der Waals surface area contributed by atoms with E-state index in [1.54, 1.807) is 7.11 Å². The molecule has 3 nitrogen and oxygen atoms in total. The van der Waals surface area contributed by atoms with Gasteiger partial charge in [0.1, 0.15) is 5.75 Å². The molecule has 1 aromatic rings. The van der Waals surface area contributed by atoms with Crippen LogP contribution < -0.4 is 15.4 Å². The molecule has 1 saturated carbocycles. The summed E-state index contributed by atoms with van der Waals surface area (Å²) < 4.78 is 6.22. The SMILES string of the molecule is COc1ccc(N(C)CC2(CN)CC2)cc1Br. The van der Waals surface area contributed by atoms with Crippen LogP contribution in [-0.2, 0) is 0 Å². The first kappa shape index (κ1) is 12.7. The molecule has 1 aliphatic rings. The molecule has 0 amide bonds. The van der Waals surface area contributed by atoms with Crippen LogP contribution in [0.1, 0.15) is 12.8 Å². The molecule has 0 atom stereocenters. The zero-order valence-electron chi connectivity index (χ0n) is 10.4. The molecular weight excluding hydrogens is 280 g/mol. The predicted molar refractivity (Wildman–Crippen MR) is 74.7 cm³/mol. The third-order valence-corrected chi connectivity index (χ3v) is 4.16. The minimum Gasteiger partial charge on any atom is -0.496 e. The summed E-state index contributed by atoms with van der Waals surface area (Å²) in [5.74, 6) is 0.863. The number of nitrogens with zero attached hydrogens (tertiary/aromatic N) is 1. The molecule has 0 saturated heterocycles. The second kappa shape index (κ2) is 4.86. The second-order valence-corrected chi connectivity index (χ2v) is 5.73. The van der Waals surface area contributed by atoms with Crippen molar-refractivity contribution < 1.29 is 4.74 Å². The van der Waals surface area contributed by atoms with E-state index in [-0.39, 0.29) is 0 Å². The highest BCUT2D eigenvalue weighted by atomic mass is 79.9. The van der Waals surface area contributed by atoms with Crippen LogP contribution in [0.15, 0.2) is 22.7 Å². The monoisotopic (exact) mass is 298 g/mol. The Morgan fingerprint density at radius 3 is 2.65 bits per heavy atom. The summed E-state index contributed by atoms with van der Waals surface area (Å²) in [6.07, 6.45) is 2.51. The van der Waals surface area contributed by atoms with Gasteiger partial charge < -0.3 is 15.4 Å². The van der Waals surface area contributed by atoms with Gasteiger partial charge in [-0.1, -0.05) is 0 Å². The van der Waals surface area contributed by atoms with Crippen LogP contribution in [0.2, 0.25) is 0 Å². The lowest BCUT2D eigenvalue weighted by molar-refractivity contribution is 0.412. The predicted octanol–water partition coefficient (Wildman–Crippen LogP) is 2.63. The summed E-state index contributed by atoms with van der Waals surface area (Å²) in [7, 11) is 3.79. The molecule has 0 radical (unpaired) electrons. The largest absolute Gasteiger partial charge is 0.496 e. The Hall–Kier alpha value is -0.740. The van der Waals surface area contributed by atoms with Gasteiger partial charge in [0.15, 0.2) is 0 Å². The smallest absolute Gasteiger partial charge is 0.133 e. The molecule has 2 N–H and O–H groups in total. The first-order valence-electron chi connectivity index (χ1n) is 5.85. The zero-order chi connectivity index (χ0) is 12.5. The van der Waals surface area contributed by atoms with Gasteiger partial charge in [0.25, 0.3) is 0 Å². The van der Waals surface area contributed by atoms with Crippen molar-refractivity contribution in [2.75, 3.05) is 32.1 Å². The standard InChI is InChI=1S/C13H19BrN2O/c1-16(9-13(8-15)5-6-13)10-3-4-12(17-2)11(14)7-10/h3-4,7H,5-6,8-9,15H2,1-2H3. The highest BCUT2D eigenvalue weighted by molar-refractivity contribution is 9.10. The van der Waals surface area contributed by atoms with Gasteiger partial charge in [0, 0.05) is 24.7 Å². The Balaban J connectivity index is 2.09. The molecule has 0 unspecified atom stereocenters. The fourth-order valence-corrected chi connectivity index (χ4v) is 2.62. The van der Waals surface area contributed by atoms with Gasteiger partial charge in [-0.2, -0.15) is 0 Å². The molecule has 0 heterocycles. The van der Waals surface area contributed by atoms with E-state index in [1.807, 2.05) is 6.07 Å². The van der Waals surface area contributed by atoms with Crippen LogP contribution in [0.25, 0.3) is 0 Å². The third-order valence-electron chi connectivity index (χ3n) is 3.54. The first-order valence-corrected chi connectivity index (χ1v) is 6.64. The van der Waals surface area contributed by atoms with Gasteiger partial charge in [-0.05, 0) is 53.5 Å². The average Bonchev–Trinajstić information content (AvgIpc) is 3.09. The van der Waals surface area contributed by atoms with Crippen molar-refractivity contribution in [2.45, 2.75) is 12.8 Å². The van der Waals surface area contributed by atoms with Gasteiger partial charge in [-0.25, -0.2) is 0 Å². The fourth-order valence-electron chi connectivity index (χ4n) is 2.09. The number of anilines is 1. The van der Waals surface area contributed by atoms with E-state index in [0.717, 1.165) is 23.3 Å². The number of methoxy groups -OCH3 is 1. The Labute approximate surface area is 111 Å². The summed E-state index contributed by atoms with van der Waals surface area (Å²) in [5.41, 5.74) is 7.37. The summed E-state index contributed by atoms with van der Waals surface area (Å²) >= 11 is 3.51. The first-order chi connectivity index (χ1) is 8.10. The maximum Gasteiger partial charge on any atom is 0.133 e. The van der Waals surface area contributed by atoms with E-state index in [1.165, 1.54) is 18.5 Å². The Bertz CT molecular complexity index is 404. The Kier molecular flexibility index (Phi) is 3.64. The van der Waals surface area contributed by atoms with Crippen molar-refractivity contribution in [3.05, 3.63) is 22.7 Å². The number of ether oxygens (including phenoxy) is 1. The Morgan fingerprint density at radius 2 is 2.18 bits per heavy atom. The summed E-state index contributed by atoms with van der Waals surface area (Å²) in [5, 5.41) is 0. The average molecular weight is 299 g/mol. The van der Waals surface area contributed by atoms with Crippen LogP contribution in [0.4, 0.5) is 5.69 Å². The van der Waals surface area contributed by atoms with Gasteiger partial charge in [-0.15, -0.1) is 0 Å². The molecule has 1 fully saturated rings. The van der Waals surface area contributed by atoms with E-state index in [0.29, 0.717) is 5.41 Å². The van der Waals surface area contributed by atoms with E-state index < -0.39 is 0 Å². The molecule has 2 rings (SSSR count). The normalized spacial score (nSPS) is 16.7. The molecule has 0 aliphatic heterocycles. The van der Waals surface area contributed by atoms with Crippen molar-refractivity contribution in [3.63, 3.8) is 0 Å². The summed E-state index contributed by atoms with van der Waals surface area (Å²) in [4.78, 5) is 2.27. The quantitative estimate of drug-likeness (QED) is 0.908. The third kappa shape index (κ3) is 2.75. The zero-order valence-corrected chi connectivity index (χ0v) is 12.0.